The van der Waals surface area contributed by atoms with Gasteiger partial charge in [-0.15, -0.1) is 0 Å². The van der Waals surface area contributed by atoms with Crippen molar-refractivity contribution in [2.75, 3.05) is 12.4 Å². The molecule has 106 valence electrons. The Hall–Kier alpha value is -1.42. The van der Waals surface area contributed by atoms with Crippen LogP contribution in [-0.2, 0) is 6.42 Å². The van der Waals surface area contributed by atoms with E-state index in [9.17, 15) is 0 Å². The number of nitrogens with zero attached hydrogens (tertiary/aromatic N) is 2. The van der Waals surface area contributed by atoms with E-state index in [1.54, 1.807) is 0 Å². The van der Waals surface area contributed by atoms with Gasteiger partial charge in [-0.25, -0.2) is 9.97 Å². The zero-order valence-electron chi connectivity index (χ0n) is 12.4. The number of hydrogen-bond acceptors (Lipinski definition) is 3. The molecule has 1 N–H and O–H groups in total. The van der Waals surface area contributed by atoms with E-state index in [1.807, 2.05) is 13.1 Å². The van der Waals surface area contributed by atoms with E-state index in [2.05, 4.69) is 65.2 Å². The molecule has 2 aromatic rings. The topological polar surface area (TPSA) is 37.8 Å². The summed E-state index contributed by atoms with van der Waals surface area (Å²) in [5.74, 6) is 1.97. The summed E-state index contributed by atoms with van der Waals surface area (Å²) in [6.07, 6.45) is 0.974. The quantitative estimate of drug-likeness (QED) is 0.886. The fourth-order valence-corrected chi connectivity index (χ4v) is 3.01. The summed E-state index contributed by atoms with van der Waals surface area (Å²) in [5, 5.41) is 3.14. The van der Waals surface area contributed by atoms with Gasteiger partial charge in [0.2, 0.25) is 0 Å². The molecule has 0 aliphatic heterocycles. The van der Waals surface area contributed by atoms with Crippen molar-refractivity contribution in [1.82, 2.24) is 9.97 Å². The maximum absolute atomic E-state index is 4.76. The first kappa shape index (κ1) is 15.0. The van der Waals surface area contributed by atoms with Gasteiger partial charge in [0.1, 0.15) is 5.82 Å². The highest BCUT2D eigenvalue weighted by Crippen LogP contribution is 2.32. The highest BCUT2D eigenvalue weighted by molar-refractivity contribution is 9.10. The predicted molar refractivity (Wildman–Crippen MR) is 88.2 cm³/mol. The number of anilines is 1. The lowest BCUT2D eigenvalue weighted by Gasteiger charge is -2.14. The molecule has 0 spiro atoms. The second-order valence-electron chi connectivity index (χ2n) is 5.01. The van der Waals surface area contributed by atoms with Gasteiger partial charge < -0.3 is 5.32 Å². The number of nitrogens with one attached hydrogen (secondary N) is 1. The Balaban J connectivity index is 2.65. The molecule has 0 atom stereocenters. The van der Waals surface area contributed by atoms with Crippen LogP contribution in [0.1, 0.15) is 37.9 Å². The van der Waals surface area contributed by atoms with Crippen LogP contribution >= 0.6 is 15.9 Å². The summed E-state index contributed by atoms with van der Waals surface area (Å²) in [4.78, 5) is 9.40. The van der Waals surface area contributed by atoms with Gasteiger partial charge in [0.25, 0.3) is 0 Å². The van der Waals surface area contributed by atoms with Crippen molar-refractivity contribution in [2.24, 2.45) is 0 Å². The standard InChI is InChI=1S/C16H20BrN3/c1-5-11-8-6-7-9-12(11)15-19-14(10(2)3)13(17)16(18-4)20-15/h6-10H,5H2,1-4H3,(H,18,19,20). The number of aromatic nitrogens is 2. The lowest BCUT2D eigenvalue weighted by molar-refractivity contribution is 0.810. The second kappa shape index (κ2) is 6.35. The summed E-state index contributed by atoms with van der Waals surface area (Å²) in [5.41, 5.74) is 3.41. The maximum atomic E-state index is 4.76. The van der Waals surface area contributed by atoms with Gasteiger partial charge in [0, 0.05) is 12.6 Å². The number of hydrogen-bond donors (Lipinski definition) is 1. The van der Waals surface area contributed by atoms with Crippen LogP contribution in [0.5, 0.6) is 0 Å². The molecule has 0 amide bonds. The van der Waals surface area contributed by atoms with E-state index in [1.165, 1.54) is 5.56 Å². The zero-order chi connectivity index (χ0) is 14.7. The smallest absolute Gasteiger partial charge is 0.162 e. The van der Waals surface area contributed by atoms with E-state index in [0.717, 1.165) is 33.8 Å². The van der Waals surface area contributed by atoms with Crippen molar-refractivity contribution in [1.29, 1.82) is 0 Å². The van der Waals surface area contributed by atoms with Gasteiger partial charge in [-0.1, -0.05) is 45.0 Å². The van der Waals surface area contributed by atoms with Gasteiger partial charge in [-0.3, -0.25) is 0 Å². The summed E-state index contributed by atoms with van der Waals surface area (Å²) in [6.45, 7) is 6.43. The lowest BCUT2D eigenvalue weighted by atomic mass is 10.0. The minimum absolute atomic E-state index is 0.340. The largest absolute Gasteiger partial charge is 0.372 e. The molecule has 0 saturated heterocycles. The van der Waals surface area contributed by atoms with Crippen LogP contribution in [-0.4, -0.2) is 17.0 Å². The van der Waals surface area contributed by atoms with E-state index < -0.39 is 0 Å². The number of rotatable bonds is 4. The monoisotopic (exact) mass is 333 g/mol. The van der Waals surface area contributed by atoms with Crippen molar-refractivity contribution in [3.63, 3.8) is 0 Å². The Morgan fingerprint density at radius 2 is 1.90 bits per heavy atom. The molecule has 0 fully saturated rings. The first-order valence-corrected chi connectivity index (χ1v) is 7.71. The fraction of sp³-hybridized carbons (Fsp3) is 0.375. The average molecular weight is 334 g/mol. The third-order valence-corrected chi connectivity index (χ3v) is 4.08. The third-order valence-electron chi connectivity index (χ3n) is 3.30. The number of halogens is 1. The first-order valence-electron chi connectivity index (χ1n) is 6.91. The van der Waals surface area contributed by atoms with Crippen LogP contribution in [0.3, 0.4) is 0 Å². The van der Waals surface area contributed by atoms with Crippen molar-refractivity contribution in [3.05, 3.63) is 40.0 Å². The Bertz CT molecular complexity index is 609. The molecule has 1 heterocycles. The number of benzene rings is 1. The average Bonchev–Trinajstić information content (AvgIpc) is 2.47. The summed E-state index contributed by atoms with van der Waals surface area (Å²) in [6, 6.07) is 8.32. The Labute approximate surface area is 129 Å². The molecule has 2 rings (SSSR count). The Kier molecular flexibility index (Phi) is 4.76. The van der Waals surface area contributed by atoms with Gasteiger partial charge >= 0.3 is 0 Å². The molecule has 0 saturated carbocycles. The maximum Gasteiger partial charge on any atom is 0.162 e. The van der Waals surface area contributed by atoms with Crippen molar-refractivity contribution >= 4 is 21.7 Å². The first-order chi connectivity index (χ1) is 9.58. The Morgan fingerprint density at radius 1 is 1.20 bits per heavy atom. The minimum atomic E-state index is 0.340. The highest BCUT2D eigenvalue weighted by Gasteiger charge is 2.16. The Morgan fingerprint density at radius 3 is 2.50 bits per heavy atom. The van der Waals surface area contributed by atoms with Crippen molar-refractivity contribution in [2.45, 2.75) is 33.1 Å². The van der Waals surface area contributed by atoms with Crippen molar-refractivity contribution in [3.8, 4) is 11.4 Å². The molecule has 0 aliphatic rings. The summed E-state index contributed by atoms with van der Waals surface area (Å²) < 4.78 is 0.952. The summed E-state index contributed by atoms with van der Waals surface area (Å²) >= 11 is 3.60. The van der Waals surface area contributed by atoms with E-state index >= 15 is 0 Å². The van der Waals surface area contributed by atoms with Gasteiger partial charge in [-0.05, 0) is 33.8 Å². The molecule has 3 nitrogen and oxygen atoms in total. The van der Waals surface area contributed by atoms with Crippen LogP contribution in [0, 0.1) is 0 Å². The molecular formula is C16H20BrN3. The van der Waals surface area contributed by atoms with Crippen LogP contribution < -0.4 is 5.32 Å². The minimum Gasteiger partial charge on any atom is -0.372 e. The van der Waals surface area contributed by atoms with Crippen LogP contribution in [0.2, 0.25) is 0 Å². The normalized spacial score (nSPS) is 10.9. The molecule has 0 aliphatic carbocycles. The molecule has 1 aromatic carbocycles. The zero-order valence-corrected chi connectivity index (χ0v) is 14.0. The SMILES string of the molecule is CCc1ccccc1-c1nc(NC)c(Br)c(C(C)C)n1. The predicted octanol–water partition coefficient (Wildman–Crippen LogP) is 4.63. The van der Waals surface area contributed by atoms with Crippen LogP contribution in [0.25, 0.3) is 11.4 Å². The number of aryl methyl sites for hydroxylation is 1. The van der Waals surface area contributed by atoms with Gasteiger partial charge in [0.05, 0.1) is 10.2 Å². The molecular weight excluding hydrogens is 314 g/mol. The molecule has 0 bridgehead atoms. The highest BCUT2D eigenvalue weighted by atomic mass is 79.9. The second-order valence-corrected chi connectivity index (χ2v) is 5.80. The van der Waals surface area contributed by atoms with E-state index in [-0.39, 0.29) is 0 Å². The van der Waals surface area contributed by atoms with Gasteiger partial charge in [0.15, 0.2) is 5.82 Å². The van der Waals surface area contributed by atoms with E-state index in [4.69, 9.17) is 4.98 Å². The van der Waals surface area contributed by atoms with Crippen molar-refractivity contribution < 1.29 is 0 Å². The van der Waals surface area contributed by atoms with Crippen LogP contribution in [0.4, 0.5) is 5.82 Å². The van der Waals surface area contributed by atoms with E-state index in [0.29, 0.717) is 5.92 Å². The molecule has 20 heavy (non-hydrogen) atoms. The van der Waals surface area contributed by atoms with Gasteiger partial charge in [-0.2, -0.15) is 0 Å². The molecule has 0 radical (unpaired) electrons. The fourth-order valence-electron chi connectivity index (χ4n) is 2.18. The molecule has 0 unspecified atom stereocenters. The van der Waals surface area contributed by atoms with Crippen LogP contribution in [0.15, 0.2) is 28.7 Å². The lowest BCUT2D eigenvalue weighted by Crippen LogP contribution is -2.05. The molecule has 4 heteroatoms. The third kappa shape index (κ3) is 2.85. The molecule has 1 aromatic heterocycles. The summed E-state index contributed by atoms with van der Waals surface area (Å²) in [7, 11) is 1.88.